The van der Waals surface area contributed by atoms with E-state index in [9.17, 15) is 4.79 Å². The molecule has 5 rings (SSSR count). The average Bonchev–Trinajstić information content (AvgIpc) is 3.34. The van der Waals surface area contributed by atoms with Crippen molar-refractivity contribution in [1.29, 1.82) is 0 Å². The fourth-order valence-corrected chi connectivity index (χ4v) is 5.70. The van der Waals surface area contributed by atoms with Gasteiger partial charge in [0.2, 0.25) is 0 Å². The first-order valence-corrected chi connectivity index (χ1v) is 13.0. The van der Waals surface area contributed by atoms with Crippen LogP contribution in [0.1, 0.15) is 35.0 Å². The lowest BCUT2D eigenvalue weighted by Gasteiger charge is -2.17. The maximum atomic E-state index is 13.7. The minimum atomic E-state index is -0.0594. The molecule has 4 aromatic rings. The van der Waals surface area contributed by atoms with E-state index in [1.165, 1.54) is 28.6 Å². The van der Waals surface area contributed by atoms with Crippen molar-refractivity contribution in [2.75, 3.05) is 4.90 Å². The molecule has 0 spiro atoms. The molecule has 2 heterocycles. The number of carbonyl (C=O) groups is 1. The molecule has 5 heteroatoms. The summed E-state index contributed by atoms with van der Waals surface area (Å²) in [4.78, 5) is 20.9. The number of aromatic nitrogens is 1. The van der Waals surface area contributed by atoms with Crippen molar-refractivity contribution in [2.24, 2.45) is 4.99 Å². The SMILES string of the molecule is CCc1cccc(C)c1-n1c(C)cc(/C=C2\SC(=Nc3ccccc3)N(c3ccccc3)C2=O)c1C. The van der Waals surface area contributed by atoms with Crippen molar-refractivity contribution < 1.29 is 4.79 Å². The highest BCUT2D eigenvalue weighted by atomic mass is 32.2. The van der Waals surface area contributed by atoms with Crippen molar-refractivity contribution >= 4 is 40.3 Å². The van der Waals surface area contributed by atoms with Crippen LogP contribution in [-0.4, -0.2) is 15.6 Å². The Morgan fingerprint density at radius 2 is 1.58 bits per heavy atom. The molecule has 0 aliphatic carbocycles. The molecule has 0 radical (unpaired) electrons. The molecule has 0 saturated carbocycles. The second-order valence-corrected chi connectivity index (χ2v) is 9.92. The summed E-state index contributed by atoms with van der Waals surface area (Å²) < 4.78 is 2.32. The molecule has 36 heavy (non-hydrogen) atoms. The average molecular weight is 492 g/mol. The lowest BCUT2D eigenvalue weighted by atomic mass is 10.1. The Bertz CT molecular complexity index is 1480. The second-order valence-electron chi connectivity index (χ2n) is 8.91. The number of aliphatic imine (C=N–C) groups is 1. The summed E-state index contributed by atoms with van der Waals surface area (Å²) in [6, 6.07) is 28.1. The Labute approximate surface area is 217 Å². The van der Waals surface area contributed by atoms with Crippen LogP contribution < -0.4 is 4.90 Å². The minimum absolute atomic E-state index is 0.0594. The Balaban J connectivity index is 1.59. The highest BCUT2D eigenvalue weighted by Gasteiger charge is 2.35. The van der Waals surface area contributed by atoms with Gasteiger partial charge in [-0.1, -0.05) is 61.5 Å². The monoisotopic (exact) mass is 491 g/mol. The van der Waals surface area contributed by atoms with E-state index in [-0.39, 0.29) is 5.91 Å². The first kappa shape index (κ1) is 23.9. The van der Waals surface area contributed by atoms with Crippen LogP contribution >= 0.6 is 11.8 Å². The van der Waals surface area contributed by atoms with Gasteiger partial charge in [0.25, 0.3) is 5.91 Å². The van der Waals surface area contributed by atoms with E-state index in [2.05, 4.69) is 56.5 Å². The van der Waals surface area contributed by atoms with E-state index < -0.39 is 0 Å². The molecule has 1 aliphatic heterocycles. The van der Waals surface area contributed by atoms with Crippen molar-refractivity contribution in [3.05, 3.63) is 118 Å². The van der Waals surface area contributed by atoms with E-state index >= 15 is 0 Å². The van der Waals surface area contributed by atoms with Gasteiger partial charge in [0.1, 0.15) is 0 Å². The van der Waals surface area contributed by atoms with E-state index in [4.69, 9.17) is 4.99 Å². The molecule has 1 amide bonds. The van der Waals surface area contributed by atoms with Crippen LogP contribution in [0.5, 0.6) is 0 Å². The predicted octanol–water partition coefficient (Wildman–Crippen LogP) is 7.77. The van der Waals surface area contributed by atoms with Gasteiger partial charge >= 0.3 is 0 Å². The number of nitrogens with zero attached hydrogens (tertiary/aromatic N) is 3. The Hall–Kier alpha value is -3.83. The number of rotatable bonds is 5. The van der Waals surface area contributed by atoms with Crippen molar-refractivity contribution in [2.45, 2.75) is 34.1 Å². The molecular formula is C31H29N3OS. The van der Waals surface area contributed by atoms with Crippen LogP contribution in [0.4, 0.5) is 11.4 Å². The minimum Gasteiger partial charge on any atom is -0.317 e. The molecule has 0 atom stereocenters. The van der Waals surface area contributed by atoms with E-state index in [0.717, 1.165) is 34.7 Å². The Kier molecular flexibility index (Phi) is 6.66. The third-order valence-electron chi connectivity index (χ3n) is 6.48. The summed E-state index contributed by atoms with van der Waals surface area (Å²) in [5.74, 6) is -0.0594. The summed E-state index contributed by atoms with van der Waals surface area (Å²) in [5.41, 5.74) is 8.74. The Morgan fingerprint density at radius 1 is 0.889 bits per heavy atom. The Morgan fingerprint density at radius 3 is 2.28 bits per heavy atom. The molecule has 180 valence electrons. The van der Waals surface area contributed by atoms with Gasteiger partial charge in [0.15, 0.2) is 5.17 Å². The number of anilines is 1. The zero-order valence-corrected chi connectivity index (χ0v) is 21.8. The number of amides is 1. The normalized spacial score (nSPS) is 15.9. The van der Waals surface area contributed by atoms with Crippen LogP contribution in [0.15, 0.2) is 94.8 Å². The predicted molar refractivity (Wildman–Crippen MR) is 152 cm³/mol. The second kappa shape index (κ2) is 10.0. The standard InChI is InChI=1S/C31H29N3OS/c1-5-24-14-12-13-21(2)29(24)33-22(3)19-25(23(33)4)20-28-30(35)34(27-17-10-7-11-18-27)31(36-28)32-26-15-8-6-9-16-26/h6-20H,5H2,1-4H3/b28-20-,32-31?. The lowest BCUT2D eigenvalue weighted by molar-refractivity contribution is -0.113. The van der Waals surface area contributed by atoms with E-state index in [0.29, 0.717) is 10.1 Å². The summed E-state index contributed by atoms with van der Waals surface area (Å²) in [6.45, 7) is 8.60. The van der Waals surface area contributed by atoms with Gasteiger partial charge in [0, 0.05) is 11.4 Å². The molecule has 0 unspecified atom stereocenters. The van der Waals surface area contributed by atoms with Crippen LogP contribution in [0, 0.1) is 20.8 Å². The maximum absolute atomic E-state index is 13.7. The zero-order chi connectivity index (χ0) is 25.2. The van der Waals surface area contributed by atoms with Crippen molar-refractivity contribution in [3.8, 4) is 5.69 Å². The first-order valence-electron chi connectivity index (χ1n) is 12.2. The largest absolute Gasteiger partial charge is 0.317 e. The van der Waals surface area contributed by atoms with Crippen molar-refractivity contribution in [1.82, 2.24) is 4.57 Å². The van der Waals surface area contributed by atoms with Crippen LogP contribution in [-0.2, 0) is 11.2 Å². The first-order chi connectivity index (χ1) is 17.5. The van der Waals surface area contributed by atoms with E-state index in [1.807, 2.05) is 66.7 Å². The van der Waals surface area contributed by atoms with Gasteiger partial charge in [-0.25, -0.2) is 4.99 Å². The molecule has 1 saturated heterocycles. The number of amidine groups is 1. The van der Waals surface area contributed by atoms with Crippen LogP contribution in [0.3, 0.4) is 0 Å². The maximum Gasteiger partial charge on any atom is 0.271 e. The number of thioether (sulfide) groups is 1. The summed E-state index contributed by atoms with van der Waals surface area (Å²) >= 11 is 1.42. The van der Waals surface area contributed by atoms with Gasteiger partial charge in [0.05, 0.1) is 22.0 Å². The number of hydrogen-bond donors (Lipinski definition) is 0. The molecule has 1 aliphatic rings. The highest BCUT2D eigenvalue weighted by molar-refractivity contribution is 8.19. The molecule has 0 bridgehead atoms. The molecule has 4 nitrogen and oxygen atoms in total. The molecule has 1 fully saturated rings. The molecule has 0 N–H and O–H groups in total. The van der Waals surface area contributed by atoms with Gasteiger partial charge in [-0.3, -0.25) is 9.69 Å². The zero-order valence-electron chi connectivity index (χ0n) is 21.0. The molecule has 3 aromatic carbocycles. The fraction of sp³-hybridized carbons (Fsp3) is 0.161. The van der Waals surface area contributed by atoms with E-state index in [1.54, 1.807) is 4.90 Å². The van der Waals surface area contributed by atoms with Crippen molar-refractivity contribution in [3.63, 3.8) is 0 Å². The van der Waals surface area contributed by atoms with Gasteiger partial charge in [-0.2, -0.15) is 0 Å². The number of carbonyl (C=O) groups excluding carboxylic acids is 1. The van der Waals surface area contributed by atoms with Crippen LogP contribution in [0.2, 0.25) is 0 Å². The molecular weight excluding hydrogens is 462 g/mol. The number of aryl methyl sites for hydroxylation is 3. The number of benzene rings is 3. The fourth-order valence-electron chi connectivity index (χ4n) is 4.71. The smallest absolute Gasteiger partial charge is 0.271 e. The number of hydrogen-bond acceptors (Lipinski definition) is 3. The van der Waals surface area contributed by atoms with Gasteiger partial charge in [-0.15, -0.1) is 0 Å². The topological polar surface area (TPSA) is 37.6 Å². The summed E-state index contributed by atoms with van der Waals surface area (Å²) in [6.07, 6.45) is 2.98. The lowest BCUT2D eigenvalue weighted by Crippen LogP contribution is -2.28. The third kappa shape index (κ3) is 4.42. The highest BCUT2D eigenvalue weighted by Crippen LogP contribution is 2.38. The van der Waals surface area contributed by atoms with Gasteiger partial charge < -0.3 is 4.57 Å². The summed E-state index contributed by atoms with van der Waals surface area (Å²) in [5, 5.41) is 0.657. The third-order valence-corrected chi connectivity index (χ3v) is 7.45. The number of para-hydroxylation sites is 3. The van der Waals surface area contributed by atoms with Gasteiger partial charge in [-0.05, 0) is 92.1 Å². The summed E-state index contributed by atoms with van der Waals surface area (Å²) in [7, 11) is 0. The quantitative estimate of drug-likeness (QED) is 0.267. The van der Waals surface area contributed by atoms with Crippen LogP contribution in [0.25, 0.3) is 11.8 Å². The molecule has 1 aromatic heterocycles.